The van der Waals surface area contributed by atoms with Crippen LogP contribution in [-0.4, -0.2) is 21.2 Å². The molecule has 0 amide bonds. The highest BCUT2D eigenvalue weighted by Crippen LogP contribution is 2.39. The van der Waals surface area contributed by atoms with Crippen molar-refractivity contribution in [2.45, 2.75) is 28.9 Å². The van der Waals surface area contributed by atoms with Gasteiger partial charge in [-0.15, -0.1) is 35.7 Å². The molecule has 3 aromatic heterocycles. The highest BCUT2D eigenvalue weighted by Gasteiger charge is 2.34. The quantitative estimate of drug-likeness (QED) is 0.372. The molecule has 3 heterocycles. The zero-order chi connectivity index (χ0) is 18.4. The van der Waals surface area contributed by atoms with Crippen molar-refractivity contribution in [1.82, 2.24) is 15.0 Å². The van der Waals surface area contributed by atoms with E-state index >= 15 is 0 Å². The Morgan fingerprint density at radius 2 is 2.04 bits per heavy atom. The molecule has 0 fully saturated rings. The van der Waals surface area contributed by atoms with Gasteiger partial charge in [0.2, 0.25) is 0 Å². The Balaban J connectivity index is 2.08. The Morgan fingerprint density at radius 3 is 2.68 bits per heavy atom. The van der Waals surface area contributed by atoms with E-state index in [4.69, 9.17) is 5.73 Å². The van der Waals surface area contributed by atoms with E-state index in [2.05, 4.69) is 27.6 Å². The van der Waals surface area contributed by atoms with E-state index in [-0.39, 0.29) is 11.2 Å². The Morgan fingerprint density at radius 1 is 1.32 bits per heavy atom. The maximum Gasteiger partial charge on any atom is 0.417 e. The summed E-state index contributed by atoms with van der Waals surface area (Å²) in [5, 5.41) is 1.86. The van der Waals surface area contributed by atoms with Gasteiger partial charge in [-0.05, 0) is 19.2 Å². The number of rotatable bonds is 3. The van der Waals surface area contributed by atoms with Crippen molar-refractivity contribution in [1.29, 1.82) is 0 Å². The maximum atomic E-state index is 13.1. The molecule has 0 aliphatic rings. The summed E-state index contributed by atoms with van der Waals surface area (Å²) in [7, 11) is 0. The fraction of sp³-hybridized carbons (Fsp3) is 0.267. The van der Waals surface area contributed by atoms with Crippen LogP contribution in [-0.2, 0) is 6.18 Å². The number of thiol groups is 1. The largest absolute Gasteiger partial charge is 0.417 e. The van der Waals surface area contributed by atoms with E-state index in [0.717, 1.165) is 16.7 Å². The maximum absolute atomic E-state index is 13.1. The summed E-state index contributed by atoms with van der Waals surface area (Å²) >= 11 is 6.66. The standard InChI is InChI=1S/C15H13F3N4S3/c1-6(13-21-12(19)11(23)14(22-13)24-2)9-3-7-8(15(16,17)18)5-25-10(7)4-20-9/h3-6,23H,1-2H3,(H2,19,21,22). The Kier molecular flexibility index (Phi) is 4.86. The number of thioether (sulfide) groups is 1. The first-order valence-electron chi connectivity index (χ1n) is 7.07. The van der Waals surface area contributed by atoms with Gasteiger partial charge in [0.15, 0.2) is 0 Å². The van der Waals surface area contributed by atoms with Gasteiger partial charge >= 0.3 is 6.18 Å². The topological polar surface area (TPSA) is 64.7 Å². The van der Waals surface area contributed by atoms with Crippen LogP contribution in [0.3, 0.4) is 0 Å². The van der Waals surface area contributed by atoms with Crippen molar-refractivity contribution in [3.05, 3.63) is 34.7 Å². The molecule has 132 valence electrons. The van der Waals surface area contributed by atoms with Gasteiger partial charge in [-0.3, -0.25) is 4.98 Å². The molecule has 3 rings (SSSR count). The number of fused-ring (bicyclic) bond motifs is 1. The van der Waals surface area contributed by atoms with E-state index in [1.807, 2.05) is 6.26 Å². The number of nitrogens with two attached hydrogens (primary N) is 1. The number of alkyl halides is 3. The minimum Gasteiger partial charge on any atom is -0.383 e. The predicted molar refractivity (Wildman–Crippen MR) is 97.6 cm³/mol. The van der Waals surface area contributed by atoms with Crippen molar-refractivity contribution >= 4 is 51.6 Å². The van der Waals surface area contributed by atoms with E-state index in [1.165, 1.54) is 24.0 Å². The molecule has 0 saturated heterocycles. The van der Waals surface area contributed by atoms with E-state index < -0.39 is 17.7 Å². The Labute approximate surface area is 155 Å². The second-order valence-electron chi connectivity index (χ2n) is 5.30. The lowest BCUT2D eigenvalue weighted by molar-refractivity contribution is -0.136. The van der Waals surface area contributed by atoms with Crippen molar-refractivity contribution in [2.75, 3.05) is 12.0 Å². The molecule has 0 aromatic carbocycles. The zero-order valence-corrected chi connectivity index (χ0v) is 15.7. The zero-order valence-electron chi connectivity index (χ0n) is 13.1. The molecule has 25 heavy (non-hydrogen) atoms. The third-order valence-electron chi connectivity index (χ3n) is 3.71. The van der Waals surface area contributed by atoms with Gasteiger partial charge in [-0.2, -0.15) is 13.2 Å². The number of anilines is 1. The van der Waals surface area contributed by atoms with Crippen LogP contribution >= 0.6 is 35.7 Å². The number of halogens is 3. The molecule has 0 saturated carbocycles. The fourth-order valence-corrected chi connectivity index (χ4v) is 4.11. The molecule has 0 spiro atoms. The molecule has 2 N–H and O–H groups in total. The third-order valence-corrected chi connectivity index (χ3v) is 5.92. The van der Waals surface area contributed by atoms with Gasteiger partial charge in [0.25, 0.3) is 0 Å². The lowest BCUT2D eigenvalue weighted by Crippen LogP contribution is -2.09. The number of pyridine rings is 1. The van der Waals surface area contributed by atoms with Gasteiger partial charge in [0, 0.05) is 17.0 Å². The van der Waals surface area contributed by atoms with Crippen molar-refractivity contribution in [3.8, 4) is 0 Å². The molecule has 1 unspecified atom stereocenters. The molecular weight excluding hydrogens is 389 g/mol. The Bertz CT molecular complexity index is 940. The minimum absolute atomic E-state index is 0.137. The third kappa shape index (κ3) is 3.42. The normalized spacial score (nSPS) is 13.4. The molecule has 0 aliphatic carbocycles. The lowest BCUT2D eigenvalue weighted by atomic mass is 10.0. The van der Waals surface area contributed by atoms with Gasteiger partial charge < -0.3 is 5.73 Å². The van der Waals surface area contributed by atoms with Gasteiger partial charge in [0.05, 0.1) is 26.8 Å². The smallest absolute Gasteiger partial charge is 0.383 e. The molecule has 0 radical (unpaired) electrons. The van der Waals surface area contributed by atoms with Gasteiger partial charge in [-0.1, -0.05) is 0 Å². The second kappa shape index (κ2) is 6.65. The first-order valence-corrected chi connectivity index (χ1v) is 9.62. The number of hydrogen-bond donors (Lipinski definition) is 2. The summed E-state index contributed by atoms with van der Waals surface area (Å²) in [4.78, 5) is 13.4. The SMILES string of the molecule is CSc1nc(C(C)c2cc3c(C(F)(F)F)csc3cn2)nc(N)c1S. The predicted octanol–water partition coefficient (Wildman–Crippen LogP) is 4.85. The second-order valence-corrected chi connectivity index (χ2v) is 7.45. The van der Waals surface area contributed by atoms with Crippen LogP contribution in [0.25, 0.3) is 10.1 Å². The molecule has 0 bridgehead atoms. The van der Waals surface area contributed by atoms with Crippen LogP contribution < -0.4 is 5.73 Å². The minimum atomic E-state index is -4.40. The van der Waals surface area contributed by atoms with Crippen molar-refractivity contribution < 1.29 is 13.2 Å². The van der Waals surface area contributed by atoms with E-state index in [1.54, 1.807) is 6.92 Å². The van der Waals surface area contributed by atoms with Crippen LogP contribution in [0.4, 0.5) is 19.0 Å². The highest BCUT2D eigenvalue weighted by molar-refractivity contribution is 7.99. The molecule has 1 atom stereocenters. The molecular formula is C15H13F3N4S3. The summed E-state index contributed by atoms with van der Waals surface area (Å²) in [5.41, 5.74) is 5.66. The summed E-state index contributed by atoms with van der Waals surface area (Å²) in [6.07, 6.45) is -1.12. The van der Waals surface area contributed by atoms with Crippen molar-refractivity contribution in [2.24, 2.45) is 0 Å². The van der Waals surface area contributed by atoms with Gasteiger partial charge in [-0.25, -0.2) is 9.97 Å². The van der Waals surface area contributed by atoms with Crippen LogP contribution in [0.2, 0.25) is 0 Å². The number of aromatic nitrogens is 3. The number of thiophene rings is 1. The first-order chi connectivity index (χ1) is 11.7. The number of nitrogen functional groups attached to an aromatic ring is 1. The molecule has 10 heteroatoms. The molecule has 4 nitrogen and oxygen atoms in total. The number of nitrogens with zero attached hydrogens (tertiary/aromatic N) is 3. The summed E-state index contributed by atoms with van der Waals surface area (Å²) in [6.45, 7) is 1.78. The van der Waals surface area contributed by atoms with Crippen LogP contribution in [0.15, 0.2) is 27.6 Å². The fourth-order valence-electron chi connectivity index (χ4n) is 2.34. The van der Waals surface area contributed by atoms with E-state index in [9.17, 15) is 13.2 Å². The van der Waals surface area contributed by atoms with Gasteiger partial charge in [0.1, 0.15) is 16.7 Å². The lowest BCUT2D eigenvalue weighted by Gasteiger charge is -2.13. The number of hydrogen-bond acceptors (Lipinski definition) is 7. The van der Waals surface area contributed by atoms with Crippen LogP contribution in [0.5, 0.6) is 0 Å². The van der Waals surface area contributed by atoms with Crippen LogP contribution in [0.1, 0.15) is 29.9 Å². The van der Waals surface area contributed by atoms with Crippen LogP contribution in [0, 0.1) is 0 Å². The van der Waals surface area contributed by atoms with Crippen molar-refractivity contribution in [3.63, 3.8) is 0 Å². The average Bonchev–Trinajstić information content (AvgIpc) is 2.99. The first kappa shape index (κ1) is 18.3. The summed E-state index contributed by atoms with van der Waals surface area (Å²) < 4.78 is 39.9. The average molecular weight is 402 g/mol. The summed E-state index contributed by atoms with van der Waals surface area (Å²) in [6, 6.07) is 1.45. The molecule has 3 aromatic rings. The van der Waals surface area contributed by atoms with E-state index in [0.29, 0.717) is 26.1 Å². The summed E-state index contributed by atoms with van der Waals surface area (Å²) in [5.74, 6) is 0.222. The molecule has 0 aliphatic heterocycles. The highest BCUT2D eigenvalue weighted by atomic mass is 32.2. The monoisotopic (exact) mass is 402 g/mol. The Hall–Kier alpha value is -1.52.